The number of para-hydroxylation sites is 2. The third-order valence-corrected chi connectivity index (χ3v) is 12.9. The smallest absolute Gasteiger partial charge is 0.164 e. The molecule has 1 aliphatic carbocycles. The van der Waals surface area contributed by atoms with Gasteiger partial charge in [-0.3, -0.25) is 0 Å². The molecule has 0 amide bonds. The first-order valence-electron chi connectivity index (χ1n) is 20.8. The van der Waals surface area contributed by atoms with Gasteiger partial charge in [-0.1, -0.05) is 183 Å². The van der Waals surface area contributed by atoms with E-state index in [2.05, 4.69) is 152 Å². The molecular weight excluding hydrogens is 741 g/mol. The minimum atomic E-state index is -0.477. The normalized spacial score (nSPS) is 15.2. The molecule has 0 N–H and O–H groups in total. The summed E-state index contributed by atoms with van der Waals surface area (Å²) in [5, 5.41) is 5.89. The van der Waals surface area contributed by atoms with Crippen LogP contribution >= 0.6 is 0 Å². The number of fused-ring (bicyclic) bond motifs is 12. The van der Waals surface area contributed by atoms with Crippen molar-refractivity contribution >= 4 is 33.3 Å². The standard InChI is InChI=1S/C57H38N4/c1-3-17-45-44-24-11-14-28-51(44)61-52-29-15-13-27-50(52)57(36(2)53(45)61)48-26-12-10-23-43(48)47-35-40(31-33-49(47)57)39-30-32-42-41(34-39)22-16-25-46(42)56-59-54(37-18-6-4-7-19-37)58-55(60-56)38-20-8-5-9-21-38/h3-35H,1H2,2H3/b45-17-. The number of benzene rings is 8. The quantitative estimate of drug-likeness (QED) is 0.175. The molecule has 4 nitrogen and oxygen atoms in total. The molecule has 1 spiro atoms. The summed E-state index contributed by atoms with van der Waals surface area (Å²) in [6.07, 6.45) is 4.10. The van der Waals surface area contributed by atoms with Crippen molar-refractivity contribution in [1.29, 1.82) is 0 Å². The first-order valence-corrected chi connectivity index (χ1v) is 20.8. The number of allylic oxidation sites excluding steroid dienone is 1. The van der Waals surface area contributed by atoms with Crippen molar-refractivity contribution in [3.63, 3.8) is 0 Å². The van der Waals surface area contributed by atoms with Gasteiger partial charge in [-0.05, 0) is 86.5 Å². The van der Waals surface area contributed by atoms with Crippen LogP contribution in [-0.2, 0) is 5.41 Å². The molecular formula is C57H38N4. The lowest BCUT2D eigenvalue weighted by Crippen LogP contribution is -2.44. The van der Waals surface area contributed by atoms with Gasteiger partial charge in [-0.2, -0.15) is 0 Å². The number of rotatable bonds is 5. The summed E-state index contributed by atoms with van der Waals surface area (Å²) >= 11 is 0. The number of hydrogen-bond donors (Lipinski definition) is 0. The van der Waals surface area contributed by atoms with E-state index in [1.54, 1.807) is 0 Å². The summed E-state index contributed by atoms with van der Waals surface area (Å²) in [5.41, 5.74) is 14.9. The Morgan fingerprint density at radius 2 is 1.08 bits per heavy atom. The zero-order valence-corrected chi connectivity index (χ0v) is 33.5. The first-order chi connectivity index (χ1) is 30.1. The van der Waals surface area contributed by atoms with Crippen molar-refractivity contribution in [2.24, 2.45) is 0 Å². The van der Waals surface area contributed by atoms with Crippen LogP contribution in [0.3, 0.4) is 0 Å². The Hall–Kier alpha value is -7.95. The van der Waals surface area contributed by atoms with Gasteiger partial charge >= 0.3 is 0 Å². The van der Waals surface area contributed by atoms with E-state index in [4.69, 9.17) is 15.0 Å². The number of hydrogen-bond acceptors (Lipinski definition) is 3. The Balaban J connectivity index is 1.04. The number of nitrogens with zero attached hydrogens (tertiary/aromatic N) is 4. The summed E-state index contributed by atoms with van der Waals surface area (Å²) in [5.74, 6) is 1.95. The summed E-state index contributed by atoms with van der Waals surface area (Å²) < 4.78 is 2.47. The van der Waals surface area contributed by atoms with E-state index in [9.17, 15) is 0 Å². The maximum atomic E-state index is 5.06. The molecule has 1 unspecified atom stereocenters. The lowest BCUT2D eigenvalue weighted by Gasteiger charge is -2.39. The van der Waals surface area contributed by atoms with E-state index < -0.39 is 5.41 Å². The van der Waals surface area contributed by atoms with Gasteiger partial charge in [0.25, 0.3) is 0 Å². The van der Waals surface area contributed by atoms with E-state index in [1.807, 2.05) is 66.7 Å². The predicted molar refractivity (Wildman–Crippen MR) is 251 cm³/mol. The fourth-order valence-electron chi connectivity index (χ4n) is 10.3. The summed E-state index contributed by atoms with van der Waals surface area (Å²) in [4.78, 5) is 15.1. The Morgan fingerprint density at radius 1 is 0.475 bits per heavy atom. The molecule has 1 aliphatic heterocycles. The zero-order valence-electron chi connectivity index (χ0n) is 33.5. The molecule has 12 rings (SSSR count). The molecule has 3 heterocycles. The Bertz CT molecular complexity index is 3510. The molecule has 0 fully saturated rings. The lowest BCUT2D eigenvalue weighted by atomic mass is 9.66. The van der Waals surface area contributed by atoms with Gasteiger partial charge in [0.05, 0.1) is 22.0 Å². The minimum absolute atomic E-state index is 0.477. The third kappa shape index (κ3) is 5.09. The van der Waals surface area contributed by atoms with Crippen LogP contribution in [0.25, 0.3) is 95.4 Å². The predicted octanol–water partition coefficient (Wildman–Crippen LogP) is 12.1. The highest BCUT2D eigenvalue weighted by Crippen LogP contribution is 2.59. The highest BCUT2D eigenvalue weighted by Gasteiger charge is 2.49. The second-order valence-electron chi connectivity index (χ2n) is 16.0. The molecule has 0 radical (unpaired) electrons. The van der Waals surface area contributed by atoms with Gasteiger partial charge < -0.3 is 4.57 Å². The minimum Gasteiger partial charge on any atom is -0.309 e. The Labute approximate surface area is 353 Å². The Morgan fingerprint density at radius 3 is 1.85 bits per heavy atom. The maximum Gasteiger partial charge on any atom is 0.164 e. The van der Waals surface area contributed by atoms with E-state index >= 15 is 0 Å². The van der Waals surface area contributed by atoms with E-state index in [1.165, 1.54) is 66.1 Å². The van der Waals surface area contributed by atoms with Crippen molar-refractivity contribution in [3.8, 4) is 62.1 Å². The average molecular weight is 779 g/mol. The fraction of sp³-hybridized carbons (Fsp3) is 0.0351. The average Bonchev–Trinajstić information content (AvgIpc) is 3.81. The molecule has 8 aromatic carbocycles. The van der Waals surface area contributed by atoms with Crippen molar-refractivity contribution < 1.29 is 0 Å². The zero-order chi connectivity index (χ0) is 40.7. The molecule has 1 atom stereocenters. The van der Waals surface area contributed by atoms with E-state index in [0.717, 1.165) is 33.0 Å². The lowest BCUT2D eigenvalue weighted by molar-refractivity contribution is 0.767. The second kappa shape index (κ2) is 13.6. The molecule has 2 aromatic heterocycles. The van der Waals surface area contributed by atoms with Crippen LogP contribution in [0.5, 0.6) is 0 Å². The van der Waals surface area contributed by atoms with Crippen molar-refractivity contribution in [2.75, 3.05) is 0 Å². The van der Waals surface area contributed by atoms with Crippen LogP contribution in [0.15, 0.2) is 201 Å². The first kappa shape index (κ1) is 35.0. The topological polar surface area (TPSA) is 43.6 Å². The van der Waals surface area contributed by atoms with Crippen molar-refractivity contribution in [3.05, 3.63) is 228 Å². The second-order valence-corrected chi connectivity index (χ2v) is 16.0. The van der Waals surface area contributed by atoms with Crippen LogP contribution in [0.2, 0.25) is 0 Å². The maximum absolute atomic E-state index is 5.06. The highest BCUT2D eigenvalue weighted by atomic mass is 15.0. The number of aromatic nitrogens is 4. The molecule has 0 bridgehead atoms. The highest BCUT2D eigenvalue weighted by molar-refractivity contribution is 6.00. The van der Waals surface area contributed by atoms with Gasteiger partial charge in [0.2, 0.25) is 0 Å². The molecule has 61 heavy (non-hydrogen) atoms. The van der Waals surface area contributed by atoms with E-state index in [-0.39, 0.29) is 0 Å². The fourth-order valence-corrected chi connectivity index (χ4v) is 10.3. The van der Waals surface area contributed by atoms with Crippen LogP contribution in [0.4, 0.5) is 0 Å². The van der Waals surface area contributed by atoms with Crippen molar-refractivity contribution in [2.45, 2.75) is 12.3 Å². The molecule has 4 heteroatoms. The van der Waals surface area contributed by atoms with Gasteiger partial charge in [0.15, 0.2) is 17.5 Å². The third-order valence-electron chi connectivity index (χ3n) is 12.9. The van der Waals surface area contributed by atoms with E-state index in [0.29, 0.717) is 17.5 Å². The van der Waals surface area contributed by atoms with Crippen molar-refractivity contribution in [1.82, 2.24) is 19.5 Å². The van der Waals surface area contributed by atoms with Gasteiger partial charge in [0, 0.05) is 27.3 Å². The van der Waals surface area contributed by atoms with Crippen LogP contribution in [0, 0.1) is 0 Å². The van der Waals surface area contributed by atoms with Gasteiger partial charge in [-0.15, -0.1) is 0 Å². The molecule has 2 aliphatic rings. The molecule has 10 aromatic rings. The van der Waals surface area contributed by atoms with Gasteiger partial charge in [-0.25, -0.2) is 15.0 Å². The summed E-state index contributed by atoms with van der Waals surface area (Å²) in [6, 6.07) is 67.3. The largest absolute Gasteiger partial charge is 0.309 e. The monoisotopic (exact) mass is 778 g/mol. The molecule has 0 saturated heterocycles. The van der Waals surface area contributed by atoms with Crippen LogP contribution in [0.1, 0.15) is 23.6 Å². The Kier molecular flexibility index (Phi) is 7.78. The van der Waals surface area contributed by atoms with Gasteiger partial charge in [0.1, 0.15) is 0 Å². The SMILES string of the molecule is C=C/C=c1\c2n(c3ccccc13)-c1ccccc1C1(C=2C)c2ccccc2-c2cc(-c3ccc4c(-c5nc(-c6ccccc6)nc(-c6ccccc6)n5)cccc4c3)ccc21. The summed E-state index contributed by atoms with van der Waals surface area (Å²) in [6.45, 7) is 6.49. The molecule has 286 valence electrons. The van der Waals surface area contributed by atoms with Crippen LogP contribution in [-0.4, -0.2) is 19.5 Å². The molecule has 0 saturated carbocycles. The van der Waals surface area contributed by atoms with Crippen LogP contribution < -0.4 is 10.6 Å². The summed E-state index contributed by atoms with van der Waals surface area (Å²) in [7, 11) is 0.